The predicted octanol–water partition coefficient (Wildman–Crippen LogP) is 0.182. The number of rotatable bonds is 61. The Hall–Kier alpha value is -11.0. The molecule has 2 aromatic heterocycles. The van der Waals surface area contributed by atoms with Crippen LogP contribution in [0.15, 0.2) is 73.3 Å². The van der Waals surface area contributed by atoms with Gasteiger partial charge in [-0.25, -0.2) is 4.98 Å². The van der Waals surface area contributed by atoms with E-state index >= 15 is 9.59 Å². The Morgan fingerprint density at radius 1 is 0.378 bits per heavy atom. The zero-order valence-electron chi connectivity index (χ0n) is 76.5. The summed E-state index contributed by atoms with van der Waals surface area (Å²) in [7, 11) is 0. The van der Waals surface area contributed by atoms with Gasteiger partial charge in [0.05, 0.1) is 18.9 Å². The number of hydrogen-bond acceptors (Lipinski definition) is 21. The summed E-state index contributed by atoms with van der Waals surface area (Å²) in [6, 6.07) is -1.35. The van der Waals surface area contributed by atoms with E-state index in [1.807, 2.05) is 65.8 Å². The lowest BCUT2D eigenvalue weighted by Gasteiger charge is -2.29. The molecule has 0 saturated carbocycles. The number of amides is 15. The van der Waals surface area contributed by atoms with Gasteiger partial charge in [-0.1, -0.05) is 144 Å². The van der Waals surface area contributed by atoms with Crippen LogP contribution in [0.4, 0.5) is 0 Å². The first-order valence-corrected chi connectivity index (χ1v) is 44.9. The number of carbonyl (C=O) groups excluding carboxylic acids is 15. The summed E-state index contributed by atoms with van der Waals surface area (Å²) in [5.74, 6) is -13.4. The lowest BCUT2D eigenvalue weighted by Crippen LogP contribution is -2.61. The number of unbranched alkanes of at least 4 members (excludes halogenated alkanes) is 4. The molecule has 0 spiro atoms. The molecule has 708 valence electrons. The normalized spacial score (nSPS) is 15.0. The van der Waals surface area contributed by atoms with Crippen LogP contribution in [0.25, 0.3) is 10.9 Å². The molecule has 0 radical (unpaired) electrons. The highest BCUT2D eigenvalue weighted by Crippen LogP contribution is 2.22. The average molecular weight is 1780 g/mol. The largest absolute Gasteiger partial charge is 0.368 e. The van der Waals surface area contributed by atoms with Crippen LogP contribution in [0.5, 0.6) is 0 Å². The van der Waals surface area contributed by atoms with E-state index in [9.17, 15) is 62.3 Å². The molecule has 38 nitrogen and oxygen atoms in total. The topological polar surface area (TPSA) is 625 Å². The number of fused-ring (bicyclic) bond motifs is 1. The second kappa shape index (κ2) is 57.0. The minimum atomic E-state index is -1.41. The Morgan fingerprint density at radius 3 is 1.22 bits per heavy atom. The van der Waals surface area contributed by atoms with Crippen molar-refractivity contribution in [1.29, 1.82) is 0 Å². The molecule has 2 aromatic carbocycles. The van der Waals surface area contributed by atoms with Crippen LogP contribution >= 0.6 is 0 Å². The van der Waals surface area contributed by atoms with Gasteiger partial charge in [0, 0.05) is 48.3 Å². The number of nitrogens with one attached hydrogen (secondary N) is 16. The number of aromatic amines is 2. The second-order valence-electron chi connectivity index (χ2n) is 35.0. The van der Waals surface area contributed by atoms with Gasteiger partial charge in [-0.05, 0) is 176 Å². The van der Waals surface area contributed by atoms with Gasteiger partial charge in [0.15, 0.2) is 0 Å². The Balaban J connectivity index is 1.53. The van der Waals surface area contributed by atoms with E-state index in [4.69, 9.17) is 34.4 Å². The van der Waals surface area contributed by atoms with Gasteiger partial charge < -0.3 is 119 Å². The molecule has 0 aliphatic carbocycles. The van der Waals surface area contributed by atoms with Gasteiger partial charge in [-0.3, -0.25) is 71.9 Å². The molecule has 0 aliphatic rings. The highest BCUT2D eigenvalue weighted by atomic mass is 16.2. The summed E-state index contributed by atoms with van der Waals surface area (Å²) < 4.78 is 0. The quantitative estimate of drug-likeness (QED) is 0.0262. The number of benzene rings is 2. The number of primary amides is 1. The fourth-order valence-electron chi connectivity index (χ4n) is 14.3. The van der Waals surface area contributed by atoms with Crippen LogP contribution in [0, 0.1) is 35.5 Å². The number of nitrogens with two attached hydrogens (primary N) is 6. The van der Waals surface area contributed by atoms with Crippen molar-refractivity contribution in [2.75, 3.05) is 32.7 Å². The van der Waals surface area contributed by atoms with Crippen molar-refractivity contribution < 1.29 is 71.9 Å². The highest BCUT2D eigenvalue weighted by Gasteiger charge is 2.40. The Kier molecular flexibility index (Phi) is 48.6. The van der Waals surface area contributed by atoms with E-state index in [0.29, 0.717) is 87.6 Å². The summed E-state index contributed by atoms with van der Waals surface area (Å²) in [5, 5.41) is 39.2. The third-order valence-electron chi connectivity index (χ3n) is 21.8. The summed E-state index contributed by atoms with van der Waals surface area (Å²) in [6.07, 6.45) is 9.04. The number of imidazole rings is 1. The summed E-state index contributed by atoms with van der Waals surface area (Å²) in [6.45, 7) is 23.0. The first-order valence-electron chi connectivity index (χ1n) is 44.9. The molecule has 2 heterocycles. The third-order valence-corrected chi connectivity index (χ3v) is 21.8. The standard InChI is InChI=1S/C89H147N23O15/c1-14-55(12)75(87(125)98-48-72(113)100-56(13)77(115)110-73(53(8)9)89(127)109-68(42-52(6)7)82(120)103-64(34-22-26-38-92)80(118)111-74(54(10)11)88(126)104-66(76(95)114)40-50(2)3)112-81(119)65(35-23-27-39-93)101-79(117)63(33-21-25-37-91)102-84(122)69(43-57-28-16-15-17-29-57)107-83(121)67(41-51(4)5)106-86(124)71(45-59-47-96-49-99-59)108-85(123)70(105-78(116)61(94)31-20-24-36-90)44-58-46-97-62-32-19-18-30-60(58)62/h15-19,28-30,32,46-47,49-56,61,63-71,73-75,97H,14,20-27,31,33-45,48,90-94H2,1-13H3,(H2,95,114)(H,96,99)(H,98,125)(H,100,113)(H,101,117)(H,102,122)(H,103,120)(H,104,126)(H,105,116)(H,106,124)(H,107,121)(H,108,123)(H,109,127)(H,110,115)(H,111,118)(H,112,119)/t55-,56-,61-,63-,64-,65-,66-,67-,68-,69-,70-,71-,73-,74-,75-/m0/s1. The minimum absolute atomic E-state index is 0.00384. The number of para-hydroxylation sites is 1. The molecular weight excluding hydrogens is 1630 g/mol. The van der Waals surface area contributed by atoms with Gasteiger partial charge >= 0.3 is 0 Å². The molecule has 0 saturated heterocycles. The molecule has 15 atom stereocenters. The number of hydrogen-bond donors (Lipinski definition) is 22. The van der Waals surface area contributed by atoms with Gasteiger partial charge in [0.1, 0.15) is 78.5 Å². The lowest BCUT2D eigenvalue weighted by atomic mass is 9.97. The maximum atomic E-state index is 15.1. The second-order valence-corrected chi connectivity index (χ2v) is 35.0. The van der Waals surface area contributed by atoms with Gasteiger partial charge in [0.2, 0.25) is 88.6 Å². The van der Waals surface area contributed by atoms with E-state index in [1.165, 1.54) is 19.4 Å². The van der Waals surface area contributed by atoms with Crippen molar-refractivity contribution in [1.82, 2.24) is 89.4 Å². The van der Waals surface area contributed by atoms with Crippen LogP contribution in [-0.2, 0) is 91.2 Å². The molecule has 4 rings (SSSR count). The van der Waals surface area contributed by atoms with Gasteiger partial charge in [-0.2, -0.15) is 0 Å². The number of H-pyrrole nitrogens is 2. The SMILES string of the molecule is CC[C@H](C)[C@H](NC(=O)[C@H](CCCCN)NC(=O)[C@H](CCCCN)NC(=O)[C@H](Cc1ccccc1)NC(=O)[C@H](CC(C)C)NC(=O)[C@H](Cc1cnc[nH]1)NC(=O)[C@H](Cc1c[nH]c2ccccc12)NC(=O)[C@@H](N)CCCCN)C(=O)NCC(=O)N[C@@H](C)C(=O)N[C@H](C(=O)N[C@@H](CC(C)C)C(=O)N[C@@H](CCCCN)C(=O)N[C@H](C(=O)N[C@@H](CC(C)C)C(N)=O)C(C)C)C(C)C. The van der Waals surface area contributed by atoms with Crippen molar-refractivity contribution >= 4 is 99.5 Å². The smallest absolute Gasteiger partial charge is 0.243 e. The molecule has 0 fully saturated rings. The zero-order valence-corrected chi connectivity index (χ0v) is 76.5. The molecule has 38 heteroatoms. The van der Waals surface area contributed by atoms with E-state index in [0.717, 1.165) is 10.9 Å². The van der Waals surface area contributed by atoms with Crippen LogP contribution in [0.3, 0.4) is 0 Å². The molecular formula is C89H147N23O15. The van der Waals surface area contributed by atoms with Gasteiger partial charge in [0.25, 0.3) is 0 Å². The van der Waals surface area contributed by atoms with Crippen LogP contribution < -0.4 is 109 Å². The molecule has 28 N–H and O–H groups in total. The highest BCUT2D eigenvalue weighted by molar-refractivity contribution is 6.01. The summed E-state index contributed by atoms with van der Waals surface area (Å²) in [4.78, 5) is 224. The van der Waals surface area contributed by atoms with Crippen molar-refractivity contribution in [2.24, 2.45) is 69.9 Å². The van der Waals surface area contributed by atoms with E-state index < -0.39 is 197 Å². The fourth-order valence-corrected chi connectivity index (χ4v) is 14.3. The Labute approximate surface area is 746 Å². The fraction of sp³-hybridized carbons (Fsp3) is 0.640. The van der Waals surface area contributed by atoms with Crippen molar-refractivity contribution in [3.05, 3.63) is 90.1 Å². The van der Waals surface area contributed by atoms with Crippen LogP contribution in [0.2, 0.25) is 0 Å². The first-order chi connectivity index (χ1) is 60.2. The minimum Gasteiger partial charge on any atom is -0.368 e. The summed E-state index contributed by atoms with van der Waals surface area (Å²) in [5.41, 5.74) is 37.9. The predicted molar refractivity (Wildman–Crippen MR) is 485 cm³/mol. The molecule has 0 aliphatic heterocycles. The Morgan fingerprint density at radius 2 is 0.764 bits per heavy atom. The molecule has 0 unspecified atom stereocenters. The maximum absolute atomic E-state index is 15.1. The number of carbonyl (C=O) groups is 15. The molecule has 127 heavy (non-hydrogen) atoms. The third kappa shape index (κ3) is 38.6. The van der Waals surface area contributed by atoms with E-state index in [1.54, 1.807) is 78.1 Å². The average Bonchev–Trinajstić information content (AvgIpc) is 1.70. The molecule has 15 amide bonds. The van der Waals surface area contributed by atoms with Crippen LogP contribution in [0.1, 0.15) is 210 Å². The number of aromatic nitrogens is 3. The van der Waals surface area contributed by atoms with Gasteiger partial charge in [-0.15, -0.1) is 0 Å². The summed E-state index contributed by atoms with van der Waals surface area (Å²) >= 11 is 0. The van der Waals surface area contributed by atoms with Crippen LogP contribution in [-0.4, -0.2) is 221 Å². The number of nitrogens with zero attached hydrogens (tertiary/aromatic N) is 1. The van der Waals surface area contributed by atoms with Crippen molar-refractivity contribution in [3.8, 4) is 0 Å². The maximum Gasteiger partial charge on any atom is 0.243 e. The monoisotopic (exact) mass is 1780 g/mol. The van der Waals surface area contributed by atoms with Crippen molar-refractivity contribution in [2.45, 2.75) is 297 Å². The first kappa shape index (κ1) is 108. The molecule has 0 bridgehead atoms. The van der Waals surface area contributed by atoms with Crippen molar-refractivity contribution in [3.63, 3.8) is 0 Å². The van der Waals surface area contributed by atoms with E-state index in [-0.39, 0.29) is 95.2 Å². The lowest BCUT2D eigenvalue weighted by molar-refractivity contribution is -0.136. The van der Waals surface area contributed by atoms with E-state index in [2.05, 4.69) is 89.4 Å². The molecule has 4 aromatic rings. The Bertz CT molecular complexity index is 4140. The zero-order chi connectivity index (χ0) is 94.6.